The molecule has 0 unspecified atom stereocenters. The van der Waals surface area contributed by atoms with Crippen LogP contribution in [0.25, 0.3) is 5.82 Å². The summed E-state index contributed by atoms with van der Waals surface area (Å²) in [7, 11) is 0. The first-order valence-corrected chi connectivity index (χ1v) is 5.86. The van der Waals surface area contributed by atoms with Crippen molar-refractivity contribution in [2.75, 3.05) is 0 Å². The van der Waals surface area contributed by atoms with Crippen LogP contribution in [0.5, 0.6) is 0 Å². The van der Waals surface area contributed by atoms with Gasteiger partial charge in [0.1, 0.15) is 11.6 Å². The van der Waals surface area contributed by atoms with E-state index >= 15 is 0 Å². The maximum atomic E-state index is 4.44. The number of hydrogen-bond acceptors (Lipinski definition) is 3. The Morgan fingerprint density at radius 2 is 2.12 bits per heavy atom. The van der Waals surface area contributed by atoms with Crippen LogP contribution in [0.3, 0.4) is 0 Å². The van der Waals surface area contributed by atoms with Crippen molar-refractivity contribution in [3.05, 3.63) is 42.1 Å². The molecule has 90 valence electrons. The fraction of sp³-hybridized carbons (Fsp3) is 0.385. The number of nitrogens with zero attached hydrogens (tertiary/aromatic N) is 3. The van der Waals surface area contributed by atoms with Crippen LogP contribution in [-0.2, 0) is 6.54 Å². The molecule has 17 heavy (non-hydrogen) atoms. The van der Waals surface area contributed by atoms with Crippen LogP contribution in [0, 0.1) is 6.92 Å². The minimum Gasteiger partial charge on any atom is -0.310 e. The van der Waals surface area contributed by atoms with E-state index in [2.05, 4.69) is 35.2 Å². The molecule has 0 amide bonds. The van der Waals surface area contributed by atoms with Crippen molar-refractivity contribution in [1.29, 1.82) is 0 Å². The molecule has 2 heterocycles. The van der Waals surface area contributed by atoms with Crippen LogP contribution >= 0.6 is 0 Å². The van der Waals surface area contributed by atoms with E-state index in [1.54, 1.807) is 6.20 Å². The number of imidazole rings is 1. The van der Waals surface area contributed by atoms with Gasteiger partial charge < -0.3 is 5.32 Å². The number of nitrogens with one attached hydrogen (secondary N) is 1. The molecule has 0 fully saturated rings. The highest BCUT2D eigenvalue weighted by molar-refractivity contribution is 5.34. The highest BCUT2D eigenvalue weighted by Gasteiger charge is 2.07. The van der Waals surface area contributed by atoms with Gasteiger partial charge in [0.05, 0.1) is 0 Å². The molecule has 2 rings (SSSR count). The second-order valence-corrected chi connectivity index (χ2v) is 4.37. The number of pyridine rings is 1. The van der Waals surface area contributed by atoms with Crippen LogP contribution < -0.4 is 5.32 Å². The predicted octanol–water partition coefficient (Wildman–Crippen LogP) is 2.07. The van der Waals surface area contributed by atoms with Crippen LogP contribution in [0.1, 0.15) is 25.2 Å². The van der Waals surface area contributed by atoms with E-state index < -0.39 is 0 Å². The van der Waals surface area contributed by atoms with Gasteiger partial charge in [0.15, 0.2) is 0 Å². The molecule has 0 aliphatic rings. The molecule has 1 N–H and O–H groups in total. The van der Waals surface area contributed by atoms with Gasteiger partial charge >= 0.3 is 0 Å². The number of hydrogen-bond donors (Lipinski definition) is 1. The highest BCUT2D eigenvalue weighted by Crippen LogP contribution is 2.13. The van der Waals surface area contributed by atoms with E-state index in [1.807, 2.05) is 30.0 Å². The van der Waals surface area contributed by atoms with Crippen LogP contribution in [0.2, 0.25) is 0 Å². The van der Waals surface area contributed by atoms with E-state index in [0.29, 0.717) is 6.04 Å². The average molecular weight is 230 g/mol. The molecule has 4 heteroatoms. The normalized spacial score (nSPS) is 11.1. The van der Waals surface area contributed by atoms with Gasteiger partial charge in [-0.15, -0.1) is 0 Å². The van der Waals surface area contributed by atoms with Gasteiger partial charge in [0.25, 0.3) is 0 Å². The number of rotatable bonds is 4. The lowest BCUT2D eigenvalue weighted by Gasteiger charge is -2.12. The Morgan fingerprint density at radius 3 is 2.76 bits per heavy atom. The maximum Gasteiger partial charge on any atom is 0.142 e. The van der Waals surface area contributed by atoms with Gasteiger partial charge in [-0.2, -0.15) is 0 Å². The third-order valence-electron chi connectivity index (χ3n) is 2.62. The SMILES string of the molecule is Cc1nccn1-c1ncccc1CNC(C)C. The Balaban J connectivity index is 2.31. The first-order valence-electron chi connectivity index (χ1n) is 5.86. The molecule has 0 saturated carbocycles. The average Bonchev–Trinajstić information content (AvgIpc) is 2.73. The monoisotopic (exact) mass is 230 g/mol. The van der Waals surface area contributed by atoms with Gasteiger partial charge in [-0.25, -0.2) is 9.97 Å². The van der Waals surface area contributed by atoms with E-state index in [-0.39, 0.29) is 0 Å². The highest BCUT2D eigenvalue weighted by atomic mass is 15.1. The molecule has 0 saturated heterocycles. The minimum absolute atomic E-state index is 0.465. The first kappa shape index (κ1) is 11.8. The summed E-state index contributed by atoms with van der Waals surface area (Å²) in [4.78, 5) is 8.67. The fourth-order valence-electron chi connectivity index (χ4n) is 1.70. The van der Waals surface area contributed by atoms with Crippen molar-refractivity contribution in [3.8, 4) is 5.82 Å². The summed E-state index contributed by atoms with van der Waals surface area (Å²) >= 11 is 0. The molecular weight excluding hydrogens is 212 g/mol. The van der Waals surface area contributed by atoms with Gasteiger partial charge in [-0.1, -0.05) is 19.9 Å². The Kier molecular flexibility index (Phi) is 3.54. The Labute approximate surface area is 102 Å². The lowest BCUT2D eigenvalue weighted by Crippen LogP contribution is -2.23. The quantitative estimate of drug-likeness (QED) is 0.874. The second kappa shape index (κ2) is 5.10. The standard InChI is InChI=1S/C13H18N4/c1-10(2)16-9-12-5-4-6-15-13(12)17-8-7-14-11(17)3/h4-8,10,16H,9H2,1-3H3. The minimum atomic E-state index is 0.465. The summed E-state index contributed by atoms with van der Waals surface area (Å²) in [5.74, 6) is 1.91. The molecule has 0 spiro atoms. The molecule has 2 aromatic heterocycles. The molecule has 0 aliphatic carbocycles. The van der Waals surface area contributed by atoms with E-state index in [9.17, 15) is 0 Å². The molecule has 4 nitrogen and oxygen atoms in total. The van der Waals surface area contributed by atoms with Crippen LogP contribution in [0.15, 0.2) is 30.7 Å². The molecule has 0 atom stereocenters. The predicted molar refractivity (Wildman–Crippen MR) is 68.1 cm³/mol. The van der Waals surface area contributed by atoms with Gasteiger partial charge in [-0.05, 0) is 13.0 Å². The third-order valence-corrected chi connectivity index (χ3v) is 2.62. The van der Waals surface area contributed by atoms with E-state index in [0.717, 1.165) is 18.2 Å². The summed E-state index contributed by atoms with van der Waals surface area (Å²) in [5, 5.41) is 3.41. The van der Waals surface area contributed by atoms with E-state index in [1.165, 1.54) is 5.56 Å². The van der Waals surface area contributed by atoms with E-state index in [4.69, 9.17) is 0 Å². The molecular formula is C13H18N4. The Bertz CT molecular complexity index is 488. The fourth-order valence-corrected chi connectivity index (χ4v) is 1.70. The molecule has 0 radical (unpaired) electrons. The Hall–Kier alpha value is -1.68. The van der Waals surface area contributed by atoms with Crippen LogP contribution in [0.4, 0.5) is 0 Å². The molecule has 0 aromatic carbocycles. The van der Waals surface area contributed by atoms with Crippen molar-refractivity contribution >= 4 is 0 Å². The van der Waals surface area contributed by atoms with Crippen molar-refractivity contribution in [2.45, 2.75) is 33.4 Å². The van der Waals surface area contributed by atoms with Gasteiger partial charge in [0, 0.05) is 36.7 Å². The molecule has 0 aliphatic heterocycles. The third kappa shape index (κ3) is 2.71. The van der Waals surface area contributed by atoms with Gasteiger partial charge in [0.2, 0.25) is 0 Å². The number of aromatic nitrogens is 3. The topological polar surface area (TPSA) is 42.7 Å². The summed E-state index contributed by atoms with van der Waals surface area (Å²) in [6, 6.07) is 4.52. The Morgan fingerprint density at radius 1 is 1.29 bits per heavy atom. The zero-order chi connectivity index (χ0) is 12.3. The first-order chi connectivity index (χ1) is 8.18. The summed E-state index contributed by atoms with van der Waals surface area (Å²) in [6.45, 7) is 7.07. The largest absolute Gasteiger partial charge is 0.310 e. The van der Waals surface area contributed by atoms with Gasteiger partial charge in [-0.3, -0.25) is 4.57 Å². The van der Waals surface area contributed by atoms with Crippen molar-refractivity contribution in [2.24, 2.45) is 0 Å². The second-order valence-electron chi connectivity index (χ2n) is 4.37. The lowest BCUT2D eigenvalue weighted by molar-refractivity contribution is 0.586. The van der Waals surface area contributed by atoms with Crippen molar-refractivity contribution < 1.29 is 0 Å². The summed E-state index contributed by atoms with van der Waals surface area (Å²) in [6.07, 6.45) is 5.55. The zero-order valence-corrected chi connectivity index (χ0v) is 10.5. The maximum absolute atomic E-state index is 4.44. The van der Waals surface area contributed by atoms with Crippen molar-refractivity contribution in [1.82, 2.24) is 19.9 Å². The number of aryl methyl sites for hydroxylation is 1. The summed E-state index contributed by atoms with van der Waals surface area (Å²) in [5.41, 5.74) is 1.18. The van der Waals surface area contributed by atoms with Crippen LogP contribution in [-0.4, -0.2) is 20.6 Å². The zero-order valence-electron chi connectivity index (χ0n) is 10.5. The lowest BCUT2D eigenvalue weighted by atomic mass is 10.2. The van der Waals surface area contributed by atoms with Crippen molar-refractivity contribution in [3.63, 3.8) is 0 Å². The molecule has 2 aromatic rings. The smallest absolute Gasteiger partial charge is 0.142 e. The molecule has 0 bridgehead atoms. The summed E-state index contributed by atoms with van der Waals surface area (Å²) < 4.78 is 2.01.